The Kier molecular flexibility index (Phi) is 6.49. The number of benzene rings is 2. The summed E-state index contributed by atoms with van der Waals surface area (Å²) in [6.07, 6.45) is 3.89. The molecule has 166 valence electrons. The highest BCUT2D eigenvalue weighted by atomic mass is 16.3. The predicted octanol–water partition coefficient (Wildman–Crippen LogP) is 4.62. The minimum absolute atomic E-state index is 0.218. The number of aromatic hydroxyl groups is 1. The molecule has 1 aromatic heterocycles. The number of aryl methyl sites for hydroxylation is 1. The molecule has 1 saturated heterocycles. The second-order valence-corrected chi connectivity index (χ2v) is 8.29. The number of phenols is 1. The van der Waals surface area contributed by atoms with Gasteiger partial charge in [-0.05, 0) is 79.6 Å². The predicted molar refractivity (Wildman–Crippen MR) is 129 cm³/mol. The maximum absolute atomic E-state index is 9.42. The maximum Gasteiger partial charge on any atom is 0.250 e. The number of aromatic nitrogens is 3. The number of nitrogens with zero attached hydrogens (tertiary/aromatic N) is 5. The van der Waals surface area contributed by atoms with Gasteiger partial charge in [-0.25, -0.2) is 5.43 Å². The third kappa shape index (κ3) is 5.32. The first-order valence-corrected chi connectivity index (χ1v) is 10.9. The molecule has 1 aliphatic rings. The van der Waals surface area contributed by atoms with Gasteiger partial charge >= 0.3 is 0 Å². The Labute approximate surface area is 188 Å². The second kappa shape index (κ2) is 9.64. The van der Waals surface area contributed by atoms with Gasteiger partial charge in [0.05, 0.1) is 6.21 Å². The minimum atomic E-state index is 0.218. The minimum Gasteiger partial charge on any atom is -0.508 e. The van der Waals surface area contributed by atoms with Crippen molar-refractivity contribution in [3.8, 4) is 5.75 Å². The van der Waals surface area contributed by atoms with Gasteiger partial charge in [0.15, 0.2) is 0 Å². The Balaban J connectivity index is 1.59. The van der Waals surface area contributed by atoms with Crippen LogP contribution < -0.4 is 15.6 Å². The second-order valence-electron chi connectivity index (χ2n) is 8.29. The Morgan fingerprint density at radius 2 is 1.72 bits per heavy atom. The first kappa shape index (κ1) is 21.5. The van der Waals surface area contributed by atoms with Crippen molar-refractivity contribution in [2.24, 2.45) is 11.0 Å². The van der Waals surface area contributed by atoms with Crippen LogP contribution in [0.5, 0.6) is 5.75 Å². The molecule has 0 amide bonds. The van der Waals surface area contributed by atoms with E-state index < -0.39 is 0 Å². The molecule has 3 aromatic rings. The summed E-state index contributed by atoms with van der Waals surface area (Å²) in [5.41, 5.74) is 7.10. The molecule has 0 radical (unpaired) electrons. The Hall–Kier alpha value is -3.68. The average Bonchev–Trinajstić information content (AvgIpc) is 2.79. The number of piperidine rings is 1. The van der Waals surface area contributed by atoms with E-state index >= 15 is 0 Å². The van der Waals surface area contributed by atoms with Crippen LogP contribution in [0.1, 0.15) is 36.5 Å². The van der Waals surface area contributed by atoms with E-state index in [9.17, 15) is 5.11 Å². The number of rotatable bonds is 6. The molecule has 3 N–H and O–H groups in total. The normalized spacial score (nSPS) is 14.7. The molecule has 4 rings (SSSR count). The molecule has 32 heavy (non-hydrogen) atoms. The standard InChI is InChI=1S/C24H29N7O/c1-16-11-13-31(14-12-16)24-28-22(26-21-6-4-5-17(2)18(21)3)27-23(29-24)30-25-15-19-7-9-20(32)10-8-19/h4-10,15-16,32H,11-14H2,1-3H3,(H2,26,27,28,29,30). The van der Waals surface area contributed by atoms with E-state index in [1.165, 1.54) is 5.56 Å². The van der Waals surface area contributed by atoms with Crippen LogP contribution in [0.3, 0.4) is 0 Å². The molecule has 0 unspecified atom stereocenters. The molecule has 0 aliphatic carbocycles. The van der Waals surface area contributed by atoms with Crippen LogP contribution >= 0.6 is 0 Å². The van der Waals surface area contributed by atoms with Gasteiger partial charge in [-0.2, -0.15) is 20.1 Å². The molecular weight excluding hydrogens is 402 g/mol. The fourth-order valence-electron chi connectivity index (χ4n) is 3.55. The van der Waals surface area contributed by atoms with Gasteiger partial charge in [-0.3, -0.25) is 0 Å². The highest BCUT2D eigenvalue weighted by Gasteiger charge is 2.20. The lowest BCUT2D eigenvalue weighted by Gasteiger charge is -2.30. The fourth-order valence-corrected chi connectivity index (χ4v) is 3.55. The number of hydrazone groups is 1. The summed E-state index contributed by atoms with van der Waals surface area (Å²) in [5, 5.41) is 17.0. The SMILES string of the molecule is Cc1cccc(Nc2nc(NN=Cc3ccc(O)cc3)nc(N3CCC(C)CC3)n2)c1C. The van der Waals surface area contributed by atoms with E-state index in [0.717, 1.165) is 42.7 Å². The van der Waals surface area contributed by atoms with Gasteiger partial charge in [-0.1, -0.05) is 19.1 Å². The van der Waals surface area contributed by atoms with Crippen molar-refractivity contribution in [3.05, 3.63) is 59.2 Å². The maximum atomic E-state index is 9.42. The number of nitrogens with one attached hydrogen (secondary N) is 2. The highest BCUT2D eigenvalue weighted by molar-refractivity contribution is 5.80. The zero-order chi connectivity index (χ0) is 22.5. The third-order valence-electron chi connectivity index (χ3n) is 5.81. The average molecular weight is 432 g/mol. The van der Waals surface area contributed by atoms with E-state index in [0.29, 0.717) is 23.8 Å². The van der Waals surface area contributed by atoms with E-state index in [4.69, 9.17) is 4.98 Å². The summed E-state index contributed by atoms with van der Waals surface area (Å²) in [5.74, 6) is 2.42. The van der Waals surface area contributed by atoms with Crippen molar-refractivity contribution in [2.45, 2.75) is 33.6 Å². The van der Waals surface area contributed by atoms with Gasteiger partial charge in [0.2, 0.25) is 17.8 Å². The number of hydrogen-bond donors (Lipinski definition) is 3. The molecule has 0 bridgehead atoms. The number of phenolic OH excluding ortho intramolecular Hbond substituents is 1. The topological polar surface area (TPSA) is 98.6 Å². The number of anilines is 4. The van der Waals surface area contributed by atoms with E-state index in [1.54, 1.807) is 30.5 Å². The third-order valence-corrected chi connectivity index (χ3v) is 5.81. The van der Waals surface area contributed by atoms with Crippen molar-refractivity contribution >= 4 is 29.7 Å². The smallest absolute Gasteiger partial charge is 0.250 e. The van der Waals surface area contributed by atoms with Crippen molar-refractivity contribution < 1.29 is 5.11 Å². The van der Waals surface area contributed by atoms with Crippen LogP contribution in [0.15, 0.2) is 47.6 Å². The van der Waals surface area contributed by atoms with E-state index in [-0.39, 0.29) is 5.75 Å². The largest absolute Gasteiger partial charge is 0.508 e. The Morgan fingerprint density at radius 1 is 1.00 bits per heavy atom. The van der Waals surface area contributed by atoms with Gasteiger partial charge in [0.1, 0.15) is 5.75 Å². The molecule has 2 heterocycles. The summed E-state index contributed by atoms with van der Waals surface area (Å²) in [4.78, 5) is 16.0. The summed E-state index contributed by atoms with van der Waals surface area (Å²) in [6, 6.07) is 12.9. The molecule has 2 aromatic carbocycles. The molecule has 8 nitrogen and oxygen atoms in total. The van der Waals surface area contributed by atoms with Crippen molar-refractivity contribution in [3.63, 3.8) is 0 Å². The van der Waals surface area contributed by atoms with Crippen molar-refractivity contribution in [1.29, 1.82) is 0 Å². The first-order valence-electron chi connectivity index (χ1n) is 10.9. The molecule has 1 aliphatic heterocycles. The lowest BCUT2D eigenvalue weighted by atomic mass is 10.00. The van der Waals surface area contributed by atoms with Crippen molar-refractivity contribution in [2.75, 3.05) is 28.7 Å². The van der Waals surface area contributed by atoms with Crippen LogP contribution in [-0.2, 0) is 0 Å². The molecule has 8 heteroatoms. The van der Waals surface area contributed by atoms with Gasteiger partial charge in [0, 0.05) is 18.8 Å². The molecule has 0 spiro atoms. The van der Waals surface area contributed by atoms with Crippen LogP contribution in [0, 0.1) is 19.8 Å². The van der Waals surface area contributed by atoms with Crippen LogP contribution in [0.4, 0.5) is 23.5 Å². The van der Waals surface area contributed by atoms with Crippen LogP contribution in [0.25, 0.3) is 0 Å². The van der Waals surface area contributed by atoms with E-state index in [1.807, 2.05) is 12.1 Å². The van der Waals surface area contributed by atoms with Gasteiger partial charge < -0.3 is 15.3 Å². The Morgan fingerprint density at radius 3 is 2.47 bits per heavy atom. The van der Waals surface area contributed by atoms with E-state index in [2.05, 4.69) is 57.5 Å². The zero-order valence-electron chi connectivity index (χ0n) is 18.7. The zero-order valence-corrected chi connectivity index (χ0v) is 18.7. The van der Waals surface area contributed by atoms with Crippen LogP contribution in [0.2, 0.25) is 0 Å². The summed E-state index contributed by atoms with van der Waals surface area (Å²) in [7, 11) is 0. The Bertz CT molecular complexity index is 1090. The monoisotopic (exact) mass is 431 g/mol. The quantitative estimate of drug-likeness (QED) is 0.387. The fraction of sp³-hybridized carbons (Fsp3) is 0.333. The lowest BCUT2D eigenvalue weighted by molar-refractivity contribution is 0.434. The molecule has 1 fully saturated rings. The number of hydrogen-bond acceptors (Lipinski definition) is 8. The highest BCUT2D eigenvalue weighted by Crippen LogP contribution is 2.25. The van der Waals surface area contributed by atoms with Gasteiger partial charge in [-0.15, -0.1) is 0 Å². The summed E-state index contributed by atoms with van der Waals surface area (Å²) < 4.78 is 0. The molecular formula is C24H29N7O. The molecule has 0 atom stereocenters. The summed E-state index contributed by atoms with van der Waals surface area (Å²) >= 11 is 0. The van der Waals surface area contributed by atoms with Crippen LogP contribution in [-0.4, -0.2) is 39.4 Å². The first-order chi connectivity index (χ1) is 15.5. The van der Waals surface area contributed by atoms with Gasteiger partial charge in [0.25, 0.3) is 0 Å². The lowest BCUT2D eigenvalue weighted by Crippen LogP contribution is -2.34. The summed E-state index contributed by atoms with van der Waals surface area (Å²) in [6.45, 7) is 8.28. The van der Waals surface area contributed by atoms with Crippen molar-refractivity contribution in [1.82, 2.24) is 15.0 Å². The molecule has 0 saturated carbocycles.